The van der Waals surface area contributed by atoms with Crippen LogP contribution in [0.5, 0.6) is 0 Å². The van der Waals surface area contributed by atoms with E-state index in [1.54, 1.807) is 30.3 Å². The van der Waals surface area contributed by atoms with Crippen LogP contribution in [0.4, 0.5) is 13.2 Å². The van der Waals surface area contributed by atoms with Crippen LogP contribution >= 0.6 is 0 Å². The molecule has 3 rings (SSSR count). The van der Waals surface area contributed by atoms with Gasteiger partial charge in [-0.15, -0.1) is 0 Å². The Hall–Kier alpha value is -2.84. The lowest BCUT2D eigenvalue weighted by molar-refractivity contribution is -0.164. The summed E-state index contributed by atoms with van der Waals surface area (Å²) >= 11 is 0. The van der Waals surface area contributed by atoms with Crippen LogP contribution in [0.1, 0.15) is 30.2 Å². The zero-order valence-electron chi connectivity index (χ0n) is 16.2. The zero-order valence-corrected chi connectivity index (χ0v) is 17.0. The number of carbonyl (C=O) groups excluding carboxylic acids is 1. The number of rotatable bonds is 9. The minimum Gasteiger partial charge on any atom is -0.467 e. The average molecular weight is 455 g/mol. The molecule has 1 aliphatic rings. The molecule has 7 nitrogen and oxygen atoms in total. The molecule has 1 unspecified atom stereocenters. The molecule has 166 valence electrons. The first-order valence-electron chi connectivity index (χ1n) is 9.37. The number of halogens is 3. The molecular weight excluding hydrogens is 435 g/mol. The maximum absolute atomic E-state index is 13.6. The molecule has 1 amide bonds. The van der Waals surface area contributed by atoms with Crippen LogP contribution < -0.4 is 10.6 Å². The van der Waals surface area contributed by atoms with E-state index >= 15 is 0 Å². The van der Waals surface area contributed by atoms with Crippen molar-refractivity contribution in [2.24, 2.45) is 0 Å². The van der Waals surface area contributed by atoms with Crippen LogP contribution in [0.2, 0.25) is 0 Å². The molecule has 1 saturated carbocycles. The molecule has 1 heterocycles. The minimum atomic E-state index is -4.86. The summed E-state index contributed by atoms with van der Waals surface area (Å²) in [6, 6.07) is 8.18. The second kappa shape index (κ2) is 8.72. The van der Waals surface area contributed by atoms with Gasteiger partial charge in [0.05, 0.1) is 23.8 Å². The Morgan fingerprint density at radius 2 is 1.87 bits per heavy atom. The molecule has 1 aromatic carbocycles. The number of carbonyl (C=O) groups is 1. The lowest BCUT2D eigenvalue weighted by Crippen LogP contribution is -2.54. The number of benzene rings is 1. The SMILES string of the molecule is N#CC1(NC(=O)C(CS(=O)(=O)Cc2ccccc2)N[C@H](c2ccco2)C(F)(F)F)CC1. The van der Waals surface area contributed by atoms with Gasteiger partial charge in [-0.05, 0) is 30.5 Å². The topological polar surface area (TPSA) is 112 Å². The fourth-order valence-electron chi connectivity index (χ4n) is 3.05. The molecule has 2 aromatic rings. The number of furan rings is 1. The van der Waals surface area contributed by atoms with Crippen molar-refractivity contribution in [2.75, 3.05) is 5.75 Å². The van der Waals surface area contributed by atoms with E-state index in [1.165, 1.54) is 6.07 Å². The predicted octanol–water partition coefficient (Wildman–Crippen LogP) is 2.63. The van der Waals surface area contributed by atoms with E-state index in [4.69, 9.17) is 4.42 Å². The van der Waals surface area contributed by atoms with Gasteiger partial charge >= 0.3 is 6.18 Å². The van der Waals surface area contributed by atoms with Crippen molar-refractivity contribution in [2.45, 2.75) is 42.4 Å². The third-order valence-electron chi connectivity index (χ3n) is 4.82. The molecule has 0 saturated heterocycles. The van der Waals surface area contributed by atoms with E-state index in [9.17, 15) is 31.6 Å². The third kappa shape index (κ3) is 6.08. The molecule has 1 aliphatic carbocycles. The number of hydrogen-bond donors (Lipinski definition) is 2. The average Bonchev–Trinajstić information content (AvgIpc) is 3.25. The van der Waals surface area contributed by atoms with Crippen molar-refractivity contribution < 1.29 is 30.8 Å². The van der Waals surface area contributed by atoms with E-state index in [2.05, 4.69) is 10.6 Å². The van der Waals surface area contributed by atoms with E-state index in [0.717, 1.165) is 12.3 Å². The van der Waals surface area contributed by atoms with Gasteiger partial charge in [0.15, 0.2) is 15.9 Å². The van der Waals surface area contributed by atoms with Crippen LogP contribution in [0.15, 0.2) is 53.1 Å². The van der Waals surface area contributed by atoms with Crippen molar-refractivity contribution in [3.8, 4) is 6.07 Å². The summed E-state index contributed by atoms with van der Waals surface area (Å²) in [7, 11) is -3.98. The van der Waals surface area contributed by atoms with E-state index < -0.39 is 56.8 Å². The van der Waals surface area contributed by atoms with Gasteiger partial charge < -0.3 is 9.73 Å². The van der Waals surface area contributed by atoms with Gasteiger partial charge in [-0.1, -0.05) is 30.3 Å². The Morgan fingerprint density at radius 1 is 1.19 bits per heavy atom. The van der Waals surface area contributed by atoms with Gasteiger partial charge in [-0.3, -0.25) is 10.1 Å². The lowest BCUT2D eigenvalue weighted by Gasteiger charge is -2.26. The number of nitrogens with one attached hydrogen (secondary N) is 2. The van der Waals surface area contributed by atoms with Crippen molar-refractivity contribution in [3.05, 3.63) is 60.1 Å². The standard InChI is InChI=1S/C20H20F3N3O4S/c21-20(22,23)17(16-7-4-10-30-16)25-15(18(27)26-19(13-24)8-9-19)12-31(28,29)11-14-5-2-1-3-6-14/h1-7,10,15,17,25H,8-9,11-12H2,(H,26,27)/t15?,17-/m1/s1. The smallest absolute Gasteiger partial charge is 0.411 e. The summed E-state index contributed by atoms with van der Waals surface area (Å²) in [6.07, 6.45) is -3.11. The number of nitriles is 1. The van der Waals surface area contributed by atoms with Gasteiger partial charge in [0.2, 0.25) is 5.91 Å². The number of amides is 1. The number of hydrogen-bond acceptors (Lipinski definition) is 6. The van der Waals surface area contributed by atoms with Crippen LogP contribution in [-0.4, -0.2) is 37.8 Å². The largest absolute Gasteiger partial charge is 0.467 e. The van der Waals surface area contributed by atoms with Crippen LogP contribution in [0, 0.1) is 11.3 Å². The van der Waals surface area contributed by atoms with Crippen molar-refractivity contribution in [3.63, 3.8) is 0 Å². The zero-order chi connectivity index (χ0) is 22.7. The summed E-state index contributed by atoms with van der Waals surface area (Å²) in [5, 5.41) is 13.7. The first kappa shape index (κ1) is 22.8. The summed E-state index contributed by atoms with van der Waals surface area (Å²) in [5.74, 6) is -2.83. The van der Waals surface area contributed by atoms with Crippen molar-refractivity contribution >= 4 is 15.7 Å². The first-order valence-corrected chi connectivity index (χ1v) is 11.2. The Balaban J connectivity index is 1.85. The molecule has 2 atom stereocenters. The molecule has 1 fully saturated rings. The quantitative estimate of drug-likeness (QED) is 0.601. The maximum atomic E-state index is 13.6. The highest BCUT2D eigenvalue weighted by Crippen LogP contribution is 2.35. The summed E-state index contributed by atoms with van der Waals surface area (Å²) in [4.78, 5) is 12.7. The van der Waals surface area contributed by atoms with Gasteiger partial charge in [-0.25, -0.2) is 8.42 Å². The normalized spacial score (nSPS) is 17.4. The molecule has 11 heteroatoms. The van der Waals surface area contributed by atoms with Gasteiger partial charge in [-0.2, -0.15) is 18.4 Å². The second-order valence-electron chi connectivity index (χ2n) is 7.43. The summed E-state index contributed by atoms with van der Waals surface area (Å²) < 4.78 is 71.2. The maximum Gasteiger partial charge on any atom is 0.411 e. The fourth-order valence-corrected chi connectivity index (χ4v) is 4.62. The number of alkyl halides is 3. The predicted molar refractivity (Wildman–Crippen MR) is 104 cm³/mol. The highest BCUT2D eigenvalue weighted by Gasteiger charge is 2.48. The minimum absolute atomic E-state index is 0.347. The highest BCUT2D eigenvalue weighted by atomic mass is 32.2. The summed E-state index contributed by atoms with van der Waals surface area (Å²) in [5.41, 5.74) is -0.728. The van der Waals surface area contributed by atoms with Crippen LogP contribution in [0.25, 0.3) is 0 Å². The van der Waals surface area contributed by atoms with E-state index in [1.807, 2.05) is 6.07 Å². The number of nitrogens with zero attached hydrogens (tertiary/aromatic N) is 1. The van der Waals surface area contributed by atoms with Crippen LogP contribution in [0.3, 0.4) is 0 Å². The van der Waals surface area contributed by atoms with Gasteiger partial charge in [0, 0.05) is 0 Å². The van der Waals surface area contributed by atoms with E-state index in [-0.39, 0.29) is 0 Å². The molecule has 31 heavy (non-hydrogen) atoms. The van der Waals surface area contributed by atoms with Crippen LogP contribution in [-0.2, 0) is 20.4 Å². The molecule has 0 spiro atoms. The molecule has 0 bridgehead atoms. The lowest BCUT2D eigenvalue weighted by atomic mass is 10.1. The Morgan fingerprint density at radius 3 is 2.39 bits per heavy atom. The van der Waals surface area contributed by atoms with Gasteiger partial charge in [0.1, 0.15) is 17.3 Å². The highest BCUT2D eigenvalue weighted by molar-refractivity contribution is 7.90. The Kier molecular flexibility index (Phi) is 6.43. The molecule has 1 aromatic heterocycles. The van der Waals surface area contributed by atoms with Crippen molar-refractivity contribution in [1.82, 2.24) is 10.6 Å². The molecule has 2 N–H and O–H groups in total. The molecular formula is C20H20F3N3O4S. The summed E-state index contributed by atoms with van der Waals surface area (Å²) in [6.45, 7) is 0. The van der Waals surface area contributed by atoms with Gasteiger partial charge in [0.25, 0.3) is 0 Å². The van der Waals surface area contributed by atoms with E-state index in [0.29, 0.717) is 18.4 Å². The molecule has 0 radical (unpaired) electrons. The third-order valence-corrected chi connectivity index (χ3v) is 6.43. The Labute approximate surface area is 177 Å². The monoisotopic (exact) mass is 455 g/mol. The number of sulfone groups is 1. The second-order valence-corrected chi connectivity index (χ2v) is 9.54. The van der Waals surface area contributed by atoms with Crippen molar-refractivity contribution in [1.29, 1.82) is 5.26 Å². The Bertz CT molecular complexity index is 1040. The first-order chi connectivity index (χ1) is 14.5. The molecule has 0 aliphatic heterocycles. The fraction of sp³-hybridized carbons (Fsp3) is 0.400.